The van der Waals surface area contributed by atoms with Gasteiger partial charge in [-0.3, -0.25) is 29.5 Å². The normalized spacial score (nSPS) is 17.9. The lowest BCUT2D eigenvalue weighted by molar-refractivity contribution is -0.125. The average molecular weight is 835 g/mol. The lowest BCUT2D eigenvalue weighted by Crippen LogP contribution is -2.43. The number of benzene rings is 4. The van der Waals surface area contributed by atoms with Crippen LogP contribution in [0.5, 0.6) is 0 Å². The molecule has 0 bridgehead atoms. The van der Waals surface area contributed by atoms with E-state index in [0.717, 1.165) is 65.8 Å². The zero-order valence-corrected chi connectivity index (χ0v) is 34.2. The predicted molar refractivity (Wildman–Crippen MR) is 242 cm³/mol. The lowest BCUT2D eigenvalue weighted by atomic mass is 9.82. The molecule has 0 radical (unpaired) electrons. The fourth-order valence-electron chi connectivity index (χ4n) is 10.1. The Morgan fingerprint density at radius 2 is 0.828 bits per heavy atom. The van der Waals surface area contributed by atoms with Crippen LogP contribution in [0.1, 0.15) is 47.9 Å². The van der Waals surface area contributed by atoms with Crippen LogP contribution in [-0.2, 0) is 33.3 Å². The summed E-state index contributed by atoms with van der Waals surface area (Å²) >= 11 is 0. The van der Waals surface area contributed by atoms with Gasteiger partial charge in [0.15, 0.2) is 10.8 Å². The molecular weight excluding hydrogens is 801 g/mol. The van der Waals surface area contributed by atoms with Crippen LogP contribution in [0.3, 0.4) is 0 Å². The van der Waals surface area contributed by atoms with Gasteiger partial charge in [0.25, 0.3) is 0 Å². The number of carbonyl (C=O) groups excluding carboxylic acids is 2. The highest BCUT2D eigenvalue weighted by molar-refractivity contribution is 6.22. The van der Waals surface area contributed by atoms with E-state index in [4.69, 9.17) is 19.9 Å². The van der Waals surface area contributed by atoms with Crippen LogP contribution in [-0.4, -0.2) is 64.8 Å². The SMILES string of the molecule is N#CC1(C(=O)NCCCCNC(=O)C2(C#N)CCc3cc4nc5c6cccnc6c6ncccc6c5nc4cc32)CCc2cc3nc4c5cccnc5c5ncccc5c4nc3cc21. The Kier molecular flexibility index (Phi) is 8.23. The van der Waals surface area contributed by atoms with Crippen molar-refractivity contribution in [3.8, 4) is 12.1 Å². The summed E-state index contributed by atoms with van der Waals surface area (Å²) in [6.45, 7) is 0.623. The van der Waals surface area contributed by atoms with Gasteiger partial charge in [-0.15, -0.1) is 0 Å². The smallest absolute Gasteiger partial charge is 0.245 e. The van der Waals surface area contributed by atoms with E-state index in [9.17, 15) is 20.1 Å². The molecule has 0 saturated carbocycles. The number of nitriles is 2. The third kappa shape index (κ3) is 5.35. The molecule has 0 aliphatic heterocycles. The molecule has 2 aliphatic rings. The summed E-state index contributed by atoms with van der Waals surface area (Å²) < 4.78 is 0. The summed E-state index contributed by atoms with van der Waals surface area (Å²) in [5.74, 6) is -0.721. The van der Waals surface area contributed by atoms with E-state index >= 15 is 0 Å². The second-order valence-corrected chi connectivity index (χ2v) is 16.7. The Balaban J connectivity index is 0.749. The maximum atomic E-state index is 13.9. The van der Waals surface area contributed by atoms with Gasteiger partial charge >= 0.3 is 0 Å². The van der Waals surface area contributed by atoms with Crippen LogP contribution >= 0.6 is 0 Å². The molecule has 12 rings (SSSR count). The minimum Gasteiger partial charge on any atom is -0.354 e. The van der Waals surface area contributed by atoms with Crippen molar-refractivity contribution < 1.29 is 9.59 Å². The van der Waals surface area contributed by atoms with E-state index in [1.807, 2.05) is 72.8 Å². The lowest BCUT2D eigenvalue weighted by Gasteiger charge is -2.22. The van der Waals surface area contributed by atoms with Gasteiger partial charge in [0.05, 0.1) is 78.3 Å². The number of hydrogen-bond acceptors (Lipinski definition) is 12. The van der Waals surface area contributed by atoms with Crippen molar-refractivity contribution in [2.45, 2.75) is 49.4 Å². The molecule has 14 nitrogen and oxygen atoms in total. The molecule has 10 aromatic rings. The van der Waals surface area contributed by atoms with Gasteiger partial charge in [-0.2, -0.15) is 10.5 Å². The molecule has 0 saturated heterocycles. The minimum atomic E-state index is -1.38. The summed E-state index contributed by atoms with van der Waals surface area (Å²) in [5.41, 5.74) is 8.68. The standard InChI is InChI=1S/C50H34N12O2/c51-25-49(13-11-27-21-35-37(23-33(27)49)61-45-31-9-5-19-55-41(31)39-29(43(45)59-35)7-3-17-53-39)47(63)57-15-1-2-16-58-48(64)50(26-52)14-12-28-22-36-38(24-34(28)50)62-46-32-10-6-20-56-42(32)40-30(44(46)60-36)8-4-18-54-40/h3-10,17-24H,1-2,11-16H2,(H,57,63)(H,58,64). The first-order chi connectivity index (χ1) is 31.4. The number of hydrogen-bond donors (Lipinski definition) is 2. The number of rotatable bonds is 7. The molecule has 2 atom stereocenters. The number of amides is 2. The van der Waals surface area contributed by atoms with Crippen LogP contribution in [0.4, 0.5) is 0 Å². The topological polar surface area (TPSA) is 209 Å². The Morgan fingerprint density at radius 3 is 1.16 bits per heavy atom. The number of pyridine rings is 4. The summed E-state index contributed by atoms with van der Waals surface area (Å²) in [6.07, 6.45) is 9.84. The Morgan fingerprint density at radius 1 is 0.500 bits per heavy atom. The first-order valence-corrected chi connectivity index (χ1v) is 21.3. The van der Waals surface area contributed by atoms with Crippen molar-refractivity contribution >= 4 is 99.6 Å². The number of fused-ring (bicyclic) bond motifs is 16. The molecule has 64 heavy (non-hydrogen) atoms. The quantitative estimate of drug-likeness (QED) is 0.0928. The van der Waals surface area contributed by atoms with Crippen LogP contribution in [0, 0.1) is 22.7 Å². The third-order valence-corrected chi connectivity index (χ3v) is 13.3. The molecule has 0 spiro atoms. The monoisotopic (exact) mass is 834 g/mol. The van der Waals surface area contributed by atoms with Crippen LogP contribution < -0.4 is 10.6 Å². The number of aromatic nitrogens is 8. The van der Waals surface area contributed by atoms with E-state index < -0.39 is 10.8 Å². The van der Waals surface area contributed by atoms with E-state index in [-0.39, 0.29) is 11.8 Å². The summed E-state index contributed by atoms with van der Waals surface area (Å²) in [6, 6.07) is 27.7. The molecule has 2 amide bonds. The molecule has 2 N–H and O–H groups in total. The fraction of sp³-hybridized carbons (Fsp3) is 0.200. The van der Waals surface area contributed by atoms with Crippen molar-refractivity contribution in [2.24, 2.45) is 0 Å². The second-order valence-electron chi connectivity index (χ2n) is 16.7. The maximum Gasteiger partial charge on any atom is 0.245 e. The van der Waals surface area contributed by atoms with E-state index in [1.165, 1.54) is 0 Å². The zero-order chi connectivity index (χ0) is 43.2. The van der Waals surface area contributed by atoms with Gasteiger partial charge in [-0.05, 0) is 134 Å². The highest BCUT2D eigenvalue weighted by Crippen LogP contribution is 2.43. The molecule has 0 fully saturated rings. The molecule has 6 aromatic heterocycles. The molecule has 2 aliphatic carbocycles. The number of nitrogens with one attached hydrogen (secondary N) is 2. The average Bonchev–Trinajstić information content (AvgIpc) is 3.91. The van der Waals surface area contributed by atoms with E-state index in [0.29, 0.717) is 95.8 Å². The minimum absolute atomic E-state index is 0.311. The Hall–Kier alpha value is -8.36. The molecule has 6 heterocycles. The largest absolute Gasteiger partial charge is 0.354 e. The molecular formula is C50H34N12O2. The van der Waals surface area contributed by atoms with Gasteiger partial charge in [-0.1, -0.05) is 0 Å². The van der Waals surface area contributed by atoms with Crippen molar-refractivity contribution in [1.82, 2.24) is 50.5 Å². The Bertz CT molecular complexity index is 3560. The van der Waals surface area contributed by atoms with Crippen molar-refractivity contribution in [3.63, 3.8) is 0 Å². The molecule has 14 heteroatoms. The van der Waals surface area contributed by atoms with E-state index in [1.54, 1.807) is 24.8 Å². The molecule has 2 unspecified atom stereocenters. The number of carbonyl (C=O) groups is 2. The summed E-state index contributed by atoms with van der Waals surface area (Å²) in [4.78, 5) is 66.5. The number of unbranched alkanes of at least 4 members (excludes halogenated alkanes) is 1. The number of nitrogens with zero attached hydrogens (tertiary/aromatic N) is 10. The van der Waals surface area contributed by atoms with Gasteiger partial charge in [0, 0.05) is 59.4 Å². The first kappa shape index (κ1) is 37.4. The third-order valence-electron chi connectivity index (χ3n) is 13.3. The molecule has 306 valence electrons. The van der Waals surface area contributed by atoms with Gasteiger partial charge in [0.1, 0.15) is 0 Å². The summed E-state index contributed by atoms with van der Waals surface area (Å²) in [7, 11) is 0. The molecule has 4 aromatic carbocycles. The van der Waals surface area contributed by atoms with Crippen molar-refractivity contribution in [1.29, 1.82) is 10.5 Å². The predicted octanol–water partition coefficient (Wildman–Crippen LogP) is 7.20. The second kappa shape index (κ2) is 14.1. The summed E-state index contributed by atoms with van der Waals surface area (Å²) in [5, 5.41) is 30.6. The van der Waals surface area contributed by atoms with Crippen molar-refractivity contribution in [2.75, 3.05) is 13.1 Å². The van der Waals surface area contributed by atoms with Gasteiger partial charge in [-0.25, -0.2) is 19.9 Å². The van der Waals surface area contributed by atoms with Gasteiger partial charge in [0.2, 0.25) is 11.8 Å². The van der Waals surface area contributed by atoms with Crippen LogP contribution in [0.25, 0.3) is 87.7 Å². The highest BCUT2D eigenvalue weighted by Gasteiger charge is 2.47. The fourth-order valence-corrected chi connectivity index (χ4v) is 10.1. The van der Waals surface area contributed by atoms with Crippen LogP contribution in [0.2, 0.25) is 0 Å². The highest BCUT2D eigenvalue weighted by atomic mass is 16.2. The maximum absolute atomic E-state index is 13.9. The van der Waals surface area contributed by atoms with Gasteiger partial charge < -0.3 is 10.6 Å². The van der Waals surface area contributed by atoms with Crippen molar-refractivity contribution in [3.05, 3.63) is 120 Å². The first-order valence-electron chi connectivity index (χ1n) is 21.3. The zero-order valence-electron chi connectivity index (χ0n) is 34.2. The van der Waals surface area contributed by atoms with Crippen LogP contribution in [0.15, 0.2) is 97.6 Å². The number of aryl methyl sites for hydroxylation is 2. The van der Waals surface area contributed by atoms with E-state index in [2.05, 4.69) is 42.7 Å². The Labute approximate surface area is 363 Å².